The van der Waals surface area contributed by atoms with E-state index in [1.807, 2.05) is 55.4 Å². The second-order valence-electron chi connectivity index (χ2n) is 5.69. The Morgan fingerprint density at radius 1 is 1.00 bits per heavy atom. The molecule has 0 atom stereocenters. The minimum Gasteiger partial charge on any atom is -0.493 e. The summed E-state index contributed by atoms with van der Waals surface area (Å²) in [6, 6.07) is 13.4. The number of hydrogen-bond donors (Lipinski definition) is 0. The van der Waals surface area contributed by atoms with Crippen molar-refractivity contribution in [1.29, 1.82) is 0 Å². The van der Waals surface area contributed by atoms with Crippen molar-refractivity contribution in [2.75, 3.05) is 28.3 Å². The molecule has 0 heterocycles. The molecule has 122 valence electrons. The fourth-order valence-electron chi connectivity index (χ4n) is 2.53. The molecule has 4 nitrogen and oxygen atoms in total. The lowest BCUT2D eigenvalue weighted by Crippen LogP contribution is -2.16. The lowest BCUT2D eigenvalue weighted by molar-refractivity contribution is 0.0991. The molecule has 0 bridgehead atoms. The van der Waals surface area contributed by atoms with Gasteiger partial charge in [0, 0.05) is 18.5 Å². The summed E-state index contributed by atoms with van der Waals surface area (Å²) in [5.74, 6) is 1.29. The lowest BCUT2D eigenvalue weighted by atomic mass is 9.97. The van der Waals surface area contributed by atoms with Gasteiger partial charge in [0.15, 0.2) is 17.3 Å². The van der Waals surface area contributed by atoms with E-state index in [1.54, 1.807) is 20.3 Å². The first kappa shape index (κ1) is 17.0. The first-order valence-electron chi connectivity index (χ1n) is 7.52. The van der Waals surface area contributed by atoms with Gasteiger partial charge in [0.2, 0.25) is 0 Å². The fraction of sp³-hybridized carbons (Fsp3) is 0.316. The van der Waals surface area contributed by atoms with Crippen molar-refractivity contribution < 1.29 is 14.3 Å². The van der Waals surface area contributed by atoms with Gasteiger partial charge in [-0.05, 0) is 37.4 Å². The largest absolute Gasteiger partial charge is 0.493 e. The van der Waals surface area contributed by atoms with Crippen LogP contribution in [0.5, 0.6) is 11.5 Å². The van der Waals surface area contributed by atoms with Crippen LogP contribution in [0.2, 0.25) is 0 Å². The number of nitrogens with zero attached hydrogens (tertiary/aromatic N) is 1. The molecule has 0 aliphatic carbocycles. The first-order valence-corrected chi connectivity index (χ1v) is 7.52. The van der Waals surface area contributed by atoms with Crippen LogP contribution in [-0.2, 0) is 13.0 Å². The summed E-state index contributed by atoms with van der Waals surface area (Å²) in [6.07, 6.45) is 0.372. The highest BCUT2D eigenvalue weighted by Crippen LogP contribution is 2.31. The van der Waals surface area contributed by atoms with Crippen LogP contribution in [0, 0.1) is 0 Å². The SMILES string of the molecule is COc1cc(CN(C)C)c(C(=O)Cc2ccccc2)cc1OC. The van der Waals surface area contributed by atoms with Gasteiger partial charge in [-0.1, -0.05) is 30.3 Å². The Labute approximate surface area is 137 Å². The number of ketones is 1. The maximum atomic E-state index is 12.8. The number of methoxy groups -OCH3 is 2. The third kappa shape index (κ3) is 4.33. The van der Waals surface area contributed by atoms with Crippen LogP contribution in [-0.4, -0.2) is 39.0 Å². The van der Waals surface area contributed by atoms with Crippen molar-refractivity contribution in [3.8, 4) is 11.5 Å². The zero-order valence-corrected chi connectivity index (χ0v) is 14.1. The van der Waals surface area contributed by atoms with Gasteiger partial charge in [0.25, 0.3) is 0 Å². The molecule has 0 spiro atoms. The monoisotopic (exact) mass is 313 g/mol. The van der Waals surface area contributed by atoms with E-state index in [4.69, 9.17) is 9.47 Å². The van der Waals surface area contributed by atoms with Crippen LogP contribution >= 0.6 is 0 Å². The first-order chi connectivity index (χ1) is 11.0. The number of carbonyl (C=O) groups excluding carboxylic acids is 1. The molecule has 0 saturated heterocycles. The molecule has 0 aliphatic heterocycles. The van der Waals surface area contributed by atoms with Crippen molar-refractivity contribution in [2.45, 2.75) is 13.0 Å². The number of hydrogen-bond acceptors (Lipinski definition) is 4. The molecular formula is C19H23NO3. The van der Waals surface area contributed by atoms with Gasteiger partial charge < -0.3 is 14.4 Å². The van der Waals surface area contributed by atoms with Crippen molar-refractivity contribution >= 4 is 5.78 Å². The second kappa shape index (κ2) is 7.79. The van der Waals surface area contributed by atoms with Crippen LogP contribution in [0.1, 0.15) is 21.5 Å². The van der Waals surface area contributed by atoms with Gasteiger partial charge in [0.1, 0.15) is 0 Å². The molecule has 23 heavy (non-hydrogen) atoms. The predicted octanol–water partition coefficient (Wildman–Crippen LogP) is 3.19. The lowest BCUT2D eigenvalue weighted by Gasteiger charge is -2.17. The Hall–Kier alpha value is -2.33. The average molecular weight is 313 g/mol. The van der Waals surface area contributed by atoms with Gasteiger partial charge in [0.05, 0.1) is 14.2 Å². The summed E-state index contributed by atoms with van der Waals surface area (Å²) in [7, 11) is 7.13. The molecule has 0 aromatic heterocycles. The smallest absolute Gasteiger partial charge is 0.167 e. The molecule has 0 aliphatic rings. The van der Waals surface area contributed by atoms with Crippen molar-refractivity contribution in [1.82, 2.24) is 4.90 Å². The molecule has 4 heteroatoms. The predicted molar refractivity (Wildman–Crippen MR) is 91.4 cm³/mol. The van der Waals surface area contributed by atoms with Gasteiger partial charge in [-0.2, -0.15) is 0 Å². The Balaban J connectivity index is 2.39. The van der Waals surface area contributed by atoms with Crippen LogP contribution in [0.15, 0.2) is 42.5 Å². The molecule has 0 radical (unpaired) electrons. The maximum Gasteiger partial charge on any atom is 0.167 e. The summed E-state index contributed by atoms with van der Waals surface area (Å²) in [5.41, 5.74) is 2.62. The van der Waals surface area contributed by atoms with Crippen LogP contribution < -0.4 is 9.47 Å². The molecule has 0 amide bonds. The Kier molecular flexibility index (Phi) is 5.77. The van der Waals surface area contributed by atoms with Crippen molar-refractivity contribution in [3.05, 3.63) is 59.2 Å². The number of benzene rings is 2. The quantitative estimate of drug-likeness (QED) is 0.736. The van der Waals surface area contributed by atoms with E-state index >= 15 is 0 Å². The zero-order valence-electron chi connectivity index (χ0n) is 14.1. The van der Waals surface area contributed by atoms with E-state index in [1.165, 1.54) is 0 Å². The molecule has 2 aromatic carbocycles. The van der Waals surface area contributed by atoms with Gasteiger partial charge in [-0.15, -0.1) is 0 Å². The normalized spacial score (nSPS) is 10.7. The molecule has 0 fully saturated rings. The van der Waals surface area contributed by atoms with E-state index in [0.717, 1.165) is 11.1 Å². The number of ether oxygens (including phenoxy) is 2. The third-order valence-electron chi connectivity index (χ3n) is 3.60. The van der Waals surface area contributed by atoms with Gasteiger partial charge >= 0.3 is 0 Å². The second-order valence-corrected chi connectivity index (χ2v) is 5.69. The molecule has 0 N–H and O–H groups in total. The number of Topliss-reactive ketones (excluding diaryl/α,β-unsaturated/α-hetero) is 1. The Morgan fingerprint density at radius 2 is 1.61 bits per heavy atom. The van der Waals surface area contributed by atoms with Crippen LogP contribution in [0.4, 0.5) is 0 Å². The van der Waals surface area contributed by atoms with Crippen LogP contribution in [0.25, 0.3) is 0 Å². The summed E-state index contributed by atoms with van der Waals surface area (Å²) in [5, 5.41) is 0. The maximum absolute atomic E-state index is 12.8. The summed E-state index contributed by atoms with van der Waals surface area (Å²) >= 11 is 0. The van der Waals surface area contributed by atoms with Gasteiger partial charge in [-0.3, -0.25) is 4.79 Å². The van der Waals surface area contributed by atoms with Crippen LogP contribution in [0.3, 0.4) is 0 Å². The molecule has 2 rings (SSSR count). The molecule has 0 saturated carbocycles. The zero-order chi connectivity index (χ0) is 16.8. The van der Waals surface area contributed by atoms with E-state index in [0.29, 0.717) is 30.0 Å². The summed E-state index contributed by atoms with van der Waals surface area (Å²) in [6.45, 7) is 0.663. The highest BCUT2D eigenvalue weighted by Gasteiger charge is 2.17. The highest BCUT2D eigenvalue weighted by atomic mass is 16.5. The number of rotatable bonds is 7. The summed E-state index contributed by atoms with van der Waals surface area (Å²) in [4.78, 5) is 14.8. The van der Waals surface area contributed by atoms with Crippen molar-refractivity contribution in [2.24, 2.45) is 0 Å². The minimum absolute atomic E-state index is 0.0778. The third-order valence-corrected chi connectivity index (χ3v) is 3.60. The van der Waals surface area contributed by atoms with E-state index in [9.17, 15) is 4.79 Å². The minimum atomic E-state index is 0.0778. The molecule has 2 aromatic rings. The van der Waals surface area contributed by atoms with E-state index in [-0.39, 0.29) is 5.78 Å². The Morgan fingerprint density at radius 3 is 2.17 bits per heavy atom. The fourth-order valence-corrected chi connectivity index (χ4v) is 2.53. The highest BCUT2D eigenvalue weighted by molar-refractivity contribution is 5.99. The van der Waals surface area contributed by atoms with E-state index < -0.39 is 0 Å². The Bertz CT molecular complexity index is 666. The average Bonchev–Trinajstić information content (AvgIpc) is 2.54. The van der Waals surface area contributed by atoms with Crippen molar-refractivity contribution in [3.63, 3.8) is 0 Å². The molecular weight excluding hydrogens is 290 g/mol. The summed E-state index contributed by atoms with van der Waals surface area (Å²) < 4.78 is 10.7. The number of carbonyl (C=O) groups is 1. The molecule has 0 unspecified atom stereocenters. The topological polar surface area (TPSA) is 38.8 Å². The standard InChI is InChI=1S/C19H23NO3/c1-20(2)13-15-11-18(22-3)19(23-4)12-16(15)17(21)10-14-8-6-5-7-9-14/h5-9,11-12H,10,13H2,1-4H3. The van der Waals surface area contributed by atoms with E-state index in [2.05, 4.69) is 0 Å². The van der Waals surface area contributed by atoms with Gasteiger partial charge in [-0.25, -0.2) is 0 Å².